The minimum absolute atomic E-state index is 0.0346. The van der Waals surface area contributed by atoms with Crippen molar-refractivity contribution in [1.82, 2.24) is 15.6 Å². The van der Waals surface area contributed by atoms with E-state index in [0.717, 1.165) is 5.56 Å². The standard InChI is InChI=1S/C22H20FN3O5S/c23-18-9-11-19(12-10-18)31-15-21(27)25-26-22(28)17-7-4-8-20(13-17)32(29,30)24-14-16-5-2-1-3-6-16/h1-13,24H,14-15H2,(H,25,27)(H,26,28). The molecule has 3 N–H and O–H groups in total. The third-order valence-corrected chi connectivity index (χ3v) is 5.61. The van der Waals surface area contributed by atoms with Crippen molar-refractivity contribution in [3.05, 3.63) is 95.8 Å². The van der Waals surface area contributed by atoms with Crippen LogP contribution in [-0.2, 0) is 21.4 Å². The van der Waals surface area contributed by atoms with Crippen molar-refractivity contribution in [2.24, 2.45) is 0 Å². The molecule has 8 nitrogen and oxygen atoms in total. The summed E-state index contributed by atoms with van der Waals surface area (Å²) in [5, 5.41) is 0. The van der Waals surface area contributed by atoms with Crippen molar-refractivity contribution < 1.29 is 27.1 Å². The first-order chi connectivity index (χ1) is 15.3. The van der Waals surface area contributed by atoms with Gasteiger partial charge in [-0.15, -0.1) is 0 Å². The van der Waals surface area contributed by atoms with Crippen molar-refractivity contribution in [3.8, 4) is 5.75 Å². The van der Waals surface area contributed by atoms with Gasteiger partial charge in [-0.05, 0) is 48.0 Å². The molecular weight excluding hydrogens is 437 g/mol. The SMILES string of the molecule is O=C(COc1ccc(F)cc1)NNC(=O)c1cccc(S(=O)(=O)NCc2ccccc2)c1. The van der Waals surface area contributed by atoms with E-state index in [0.29, 0.717) is 0 Å². The average Bonchev–Trinajstić information content (AvgIpc) is 2.81. The summed E-state index contributed by atoms with van der Waals surface area (Å²) < 4.78 is 45.6. The molecule has 0 spiro atoms. The van der Waals surface area contributed by atoms with Gasteiger partial charge in [0.1, 0.15) is 11.6 Å². The van der Waals surface area contributed by atoms with E-state index < -0.39 is 34.3 Å². The summed E-state index contributed by atoms with van der Waals surface area (Å²) in [6.45, 7) is -0.312. The zero-order chi connectivity index (χ0) is 23.0. The number of ether oxygens (including phenoxy) is 1. The number of halogens is 1. The molecule has 0 bridgehead atoms. The average molecular weight is 457 g/mol. The van der Waals surface area contributed by atoms with Crippen LogP contribution >= 0.6 is 0 Å². The van der Waals surface area contributed by atoms with E-state index in [2.05, 4.69) is 15.6 Å². The summed E-state index contributed by atoms with van der Waals surface area (Å²) in [7, 11) is -3.85. The maximum absolute atomic E-state index is 12.9. The maximum atomic E-state index is 12.9. The monoisotopic (exact) mass is 457 g/mol. The molecule has 0 saturated carbocycles. The third-order valence-electron chi connectivity index (χ3n) is 4.21. The van der Waals surface area contributed by atoms with E-state index in [1.165, 1.54) is 48.5 Å². The number of carbonyl (C=O) groups excluding carboxylic acids is 2. The molecule has 0 aliphatic carbocycles. The van der Waals surface area contributed by atoms with Gasteiger partial charge in [-0.25, -0.2) is 17.5 Å². The van der Waals surface area contributed by atoms with Crippen molar-refractivity contribution in [2.75, 3.05) is 6.61 Å². The molecule has 2 amide bonds. The number of sulfonamides is 1. The first kappa shape index (κ1) is 22.9. The van der Waals surface area contributed by atoms with E-state index in [4.69, 9.17) is 4.74 Å². The van der Waals surface area contributed by atoms with Gasteiger partial charge >= 0.3 is 0 Å². The number of nitrogens with one attached hydrogen (secondary N) is 3. The van der Waals surface area contributed by atoms with Gasteiger partial charge in [-0.3, -0.25) is 20.4 Å². The molecule has 3 rings (SSSR count). The van der Waals surface area contributed by atoms with Gasteiger partial charge in [0.15, 0.2) is 6.61 Å². The van der Waals surface area contributed by atoms with Crippen LogP contribution in [0.2, 0.25) is 0 Å². The molecule has 0 fully saturated rings. The number of rotatable bonds is 8. The van der Waals surface area contributed by atoms with Crippen LogP contribution in [-0.4, -0.2) is 26.8 Å². The Kier molecular flexibility index (Phi) is 7.53. The van der Waals surface area contributed by atoms with E-state index in [9.17, 15) is 22.4 Å². The highest BCUT2D eigenvalue weighted by Crippen LogP contribution is 2.13. The van der Waals surface area contributed by atoms with Crippen LogP contribution in [0.25, 0.3) is 0 Å². The first-order valence-electron chi connectivity index (χ1n) is 9.45. The lowest BCUT2D eigenvalue weighted by Gasteiger charge is -2.10. The molecule has 10 heteroatoms. The van der Waals surface area contributed by atoms with Gasteiger partial charge in [0.2, 0.25) is 10.0 Å². The van der Waals surface area contributed by atoms with Gasteiger partial charge in [0.05, 0.1) is 4.90 Å². The molecule has 0 aromatic heterocycles. The topological polar surface area (TPSA) is 114 Å². The van der Waals surface area contributed by atoms with E-state index in [1.54, 1.807) is 24.3 Å². The van der Waals surface area contributed by atoms with Gasteiger partial charge in [0, 0.05) is 12.1 Å². The second kappa shape index (κ2) is 10.5. The summed E-state index contributed by atoms with van der Waals surface area (Å²) in [4.78, 5) is 24.0. The fourth-order valence-electron chi connectivity index (χ4n) is 2.58. The first-order valence-corrected chi connectivity index (χ1v) is 10.9. The van der Waals surface area contributed by atoms with Crippen molar-refractivity contribution in [2.45, 2.75) is 11.4 Å². The second-order valence-corrected chi connectivity index (χ2v) is 8.35. The minimum atomic E-state index is -3.85. The molecule has 0 atom stereocenters. The van der Waals surface area contributed by atoms with Crippen LogP contribution < -0.4 is 20.3 Å². The number of benzene rings is 3. The molecule has 166 valence electrons. The summed E-state index contributed by atoms with van der Waals surface area (Å²) >= 11 is 0. The molecule has 0 unspecified atom stereocenters. The fourth-order valence-corrected chi connectivity index (χ4v) is 3.64. The van der Waals surface area contributed by atoms with Gasteiger partial charge < -0.3 is 4.74 Å². The molecule has 32 heavy (non-hydrogen) atoms. The predicted octanol–water partition coefficient (Wildman–Crippen LogP) is 2.14. The Morgan fingerprint density at radius 1 is 0.875 bits per heavy atom. The Morgan fingerprint density at radius 3 is 2.31 bits per heavy atom. The molecule has 0 radical (unpaired) electrons. The van der Waals surface area contributed by atoms with Crippen molar-refractivity contribution in [1.29, 1.82) is 0 Å². The van der Waals surface area contributed by atoms with E-state index >= 15 is 0 Å². The molecule has 3 aromatic carbocycles. The van der Waals surface area contributed by atoms with Crippen LogP contribution in [0.4, 0.5) is 4.39 Å². The zero-order valence-corrected chi connectivity index (χ0v) is 17.6. The Bertz CT molecular complexity index is 1190. The van der Waals surface area contributed by atoms with Crippen LogP contribution in [0, 0.1) is 5.82 Å². The molecule has 0 aliphatic heterocycles. The quantitative estimate of drug-likeness (QED) is 0.449. The molecule has 0 heterocycles. The van der Waals surface area contributed by atoms with E-state index in [-0.39, 0.29) is 22.8 Å². The van der Waals surface area contributed by atoms with Crippen LogP contribution in [0.1, 0.15) is 15.9 Å². The molecule has 0 saturated heterocycles. The smallest absolute Gasteiger partial charge is 0.276 e. The fraction of sp³-hybridized carbons (Fsp3) is 0.0909. The number of hydrazine groups is 1. The van der Waals surface area contributed by atoms with Gasteiger partial charge in [-0.1, -0.05) is 36.4 Å². The highest BCUT2D eigenvalue weighted by molar-refractivity contribution is 7.89. The number of hydrogen-bond acceptors (Lipinski definition) is 5. The van der Waals surface area contributed by atoms with Gasteiger partial charge in [-0.2, -0.15) is 0 Å². The highest BCUT2D eigenvalue weighted by atomic mass is 32.2. The van der Waals surface area contributed by atoms with Crippen molar-refractivity contribution >= 4 is 21.8 Å². The highest BCUT2D eigenvalue weighted by Gasteiger charge is 2.16. The summed E-state index contributed by atoms with van der Waals surface area (Å²) in [5.74, 6) is -1.52. The number of hydrogen-bond donors (Lipinski definition) is 3. The largest absolute Gasteiger partial charge is 0.484 e. The maximum Gasteiger partial charge on any atom is 0.276 e. The lowest BCUT2D eigenvalue weighted by molar-refractivity contribution is -0.123. The molecule has 3 aromatic rings. The normalized spacial score (nSPS) is 10.9. The van der Waals surface area contributed by atoms with Crippen molar-refractivity contribution in [3.63, 3.8) is 0 Å². The molecule has 0 aliphatic rings. The number of carbonyl (C=O) groups is 2. The number of amides is 2. The second-order valence-electron chi connectivity index (χ2n) is 6.58. The van der Waals surface area contributed by atoms with Gasteiger partial charge in [0.25, 0.3) is 11.8 Å². The lowest BCUT2D eigenvalue weighted by atomic mass is 10.2. The summed E-state index contributed by atoms with van der Waals surface area (Å²) in [5.41, 5.74) is 5.17. The summed E-state index contributed by atoms with van der Waals surface area (Å²) in [6.07, 6.45) is 0. The Labute approximate surface area is 184 Å². The molecular formula is C22H20FN3O5S. The van der Waals surface area contributed by atoms with Crippen LogP contribution in [0.5, 0.6) is 5.75 Å². The Hall–Kier alpha value is -3.76. The zero-order valence-electron chi connectivity index (χ0n) is 16.7. The lowest BCUT2D eigenvalue weighted by Crippen LogP contribution is -2.43. The summed E-state index contributed by atoms with van der Waals surface area (Å²) in [6, 6.07) is 19.5. The van der Waals surface area contributed by atoms with E-state index in [1.807, 2.05) is 6.07 Å². The predicted molar refractivity (Wildman–Crippen MR) is 114 cm³/mol. The Balaban J connectivity index is 1.53. The third kappa shape index (κ3) is 6.62. The van der Waals surface area contributed by atoms with Crippen LogP contribution in [0.15, 0.2) is 83.8 Å². The van der Waals surface area contributed by atoms with Crippen LogP contribution in [0.3, 0.4) is 0 Å². The minimum Gasteiger partial charge on any atom is -0.484 e. The Morgan fingerprint density at radius 2 is 1.59 bits per heavy atom.